The SMILES string of the molecule is CC.N#C/C(=C\CCCc1nccs1)C(=O)N1CCCC1c1ccccc1. The zero-order valence-corrected chi connectivity index (χ0v) is 16.9. The molecule has 0 spiro atoms. The van der Waals surface area contributed by atoms with Crippen LogP contribution in [0.1, 0.15) is 56.1 Å². The second-order valence-electron chi connectivity index (χ2n) is 6.11. The summed E-state index contributed by atoms with van der Waals surface area (Å²) in [6.07, 6.45) is 8.03. The van der Waals surface area contributed by atoms with Crippen LogP contribution in [0.15, 0.2) is 53.6 Å². The first-order chi connectivity index (χ1) is 13.3. The van der Waals surface area contributed by atoms with Gasteiger partial charge in [-0.3, -0.25) is 4.79 Å². The highest BCUT2D eigenvalue weighted by molar-refractivity contribution is 7.09. The summed E-state index contributed by atoms with van der Waals surface area (Å²) in [6, 6.07) is 12.3. The molecule has 0 saturated carbocycles. The van der Waals surface area contributed by atoms with E-state index in [2.05, 4.69) is 23.2 Å². The van der Waals surface area contributed by atoms with Gasteiger partial charge in [0.05, 0.1) is 11.0 Å². The van der Waals surface area contributed by atoms with E-state index < -0.39 is 0 Å². The first kappa shape index (κ1) is 20.9. The quantitative estimate of drug-likeness (QED) is 0.387. The fourth-order valence-electron chi connectivity index (χ4n) is 3.24. The number of aryl methyl sites for hydroxylation is 1. The summed E-state index contributed by atoms with van der Waals surface area (Å²) in [5, 5.41) is 12.5. The number of rotatable bonds is 6. The highest BCUT2D eigenvalue weighted by Crippen LogP contribution is 2.32. The first-order valence-electron chi connectivity index (χ1n) is 9.64. The van der Waals surface area contributed by atoms with Crippen molar-refractivity contribution in [3.05, 3.63) is 64.1 Å². The van der Waals surface area contributed by atoms with Gasteiger partial charge >= 0.3 is 0 Å². The predicted octanol–water partition coefficient (Wildman–Crippen LogP) is 5.31. The number of aromatic nitrogens is 1. The average molecular weight is 382 g/mol. The fourth-order valence-corrected chi connectivity index (χ4v) is 3.91. The molecule has 3 rings (SSSR count). The average Bonchev–Trinajstić information content (AvgIpc) is 3.42. The van der Waals surface area contributed by atoms with Gasteiger partial charge in [0.15, 0.2) is 0 Å². The molecule has 1 amide bonds. The van der Waals surface area contributed by atoms with E-state index in [1.807, 2.05) is 42.3 Å². The lowest BCUT2D eigenvalue weighted by Gasteiger charge is -2.24. The van der Waals surface area contributed by atoms with Crippen molar-refractivity contribution >= 4 is 17.2 Å². The van der Waals surface area contributed by atoms with Crippen molar-refractivity contribution in [2.75, 3.05) is 6.54 Å². The van der Waals surface area contributed by atoms with E-state index in [1.165, 1.54) is 0 Å². The topological polar surface area (TPSA) is 57.0 Å². The number of allylic oxidation sites excluding steroid dienone is 1. The van der Waals surface area contributed by atoms with Gasteiger partial charge in [0, 0.05) is 18.1 Å². The number of benzene rings is 1. The summed E-state index contributed by atoms with van der Waals surface area (Å²) in [5.74, 6) is -0.136. The van der Waals surface area contributed by atoms with Crippen LogP contribution in [-0.4, -0.2) is 22.3 Å². The Morgan fingerprint density at radius 3 is 2.81 bits per heavy atom. The Labute approximate surface area is 166 Å². The van der Waals surface area contributed by atoms with Crippen molar-refractivity contribution in [1.82, 2.24) is 9.88 Å². The third-order valence-electron chi connectivity index (χ3n) is 4.48. The van der Waals surface area contributed by atoms with Crippen molar-refractivity contribution in [3.63, 3.8) is 0 Å². The fraction of sp³-hybridized carbons (Fsp3) is 0.409. The maximum atomic E-state index is 12.8. The number of carbonyl (C=O) groups excluding carboxylic acids is 1. The normalized spacial score (nSPS) is 16.4. The van der Waals surface area contributed by atoms with Gasteiger partial charge in [-0.1, -0.05) is 50.3 Å². The van der Waals surface area contributed by atoms with Crippen molar-refractivity contribution in [1.29, 1.82) is 5.26 Å². The van der Waals surface area contributed by atoms with Crippen LogP contribution in [-0.2, 0) is 11.2 Å². The molecular formula is C22H27N3OS. The minimum atomic E-state index is -0.136. The molecule has 27 heavy (non-hydrogen) atoms. The van der Waals surface area contributed by atoms with Gasteiger partial charge in [0.1, 0.15) is 11.6 Å². The Morgan fingerprint density at radius 1 is 1.37 bits per heavy atom. The molecule has 1 aliphatic rings. The number of nitriles is 1. The number of hydrogen-bond acceptors (Lipinski definition) is 4. The molecule has 1 saturated heterocycles. The van der Waals surface area contributed by atoms with E-state index in [0.717, 1.165) is 49.2 Å². The molecule has 2 heterocycles. The summed E-state index contributed by atoms with van der Waals surface area (Å²) >= 11 is 1.64. The van der Waals surface area contributed by atoms with Gasteiger partial charge in [-0.2, -0.15) is 5.26 Å². The van der Waals surface area contributed by atoms with Crippen molar-refractivity contribution in [3.8, 4) is 6.07 Å². The number of likely N-dealkylation sites (tertiary alicyclic amines) is 1. The van der Waals surface area contributed by atoms with Crippen molar-refractivity contribution < 1.29 is 4.79 Å². The predicted molar refractivity (Wildman–Crippen MR) is 110 cm³/mol. The summed E-state index contributed by atoms with van der Waals surface area (Å²) in [5.41, 5.74) is 1.41. The van der Waals surface area contributed by atoms with E-state index in [0.29, 0.717) is 0 Å². The van der Waals surface area contributed by atoms with Crippen molar-refractivity contribution in [2.24, 2.45) is 0 Å². The molecule has 4 nitrogen and oxygen atoms in total. The highest BCUT2D eigenvalue weighted by atomic mass is 32.1. The molecule has 0 N–H and O–H groups in total. The highest BCUT2D eigenvalue weighted by Gasteiger charge is 2.31. The summed E-state index contributed by atoms with van der Waals surface area (Å²) in [7, 11) is 0. The Kier molecular flexibility index (Phi) is 8.73. The third kappa shape index (κ3) is 5.77. The zero-order chi connectivity index (χ0) is 19.5. The largest absolute Gasteiger partial charge is 0.331 e. The summed E-state index contributed by atoms with van der Waals surface area (Å²) in [4.78, 5) is 18.9. The monoisotopic (exact) mass is 381 g/mol. The van der Waals surface area contributed by atoms with Crippen LogP contribution in [0.2, 0.25) is 0 Å². The standard InChI is InChI=1S/C20H21N3OS.C2H6/c21-15-17(9-4-5-11-19-22-12-14-25-19)20(24)23-13-6-10-18(23)16-7-2-1-3-8-16;1-2/h1-3,7-9,12,14,18H,4-6,10-11,13H2;1-2H3/b17-9+;. The molecule has 142 valence electrons. The Bertz CT molecular complexity index is 763. The smallest absolute Gasteiger partial charge is 0.264 e. The Balaban J connectivity index is 0.00000126. The van der Waals surface area contributed by atoms with Crippen LogP contribution in [0, 0.1) is 11.3 Å². The van der Waals surface area contributed by atoms with Crippen LogP contribution >= 0.6 is 11.3 Å². The molecule has 5 heteroatoms. The van der Waals surface area contributed by atoms with Crippen LogP contribution in [0.25, 0.3) is 0 Å². The molecule has 1 aromatic heterocycles. The molecule has 0 bridgehead atoms. The lowest BCUT2D eigenvalue weighted by Crippen LogP contribution is -2.31. The lowest BCUT2D eigenvalue weighted by molar-refractivity contribution is -0.127. The van der Waals surface area contributed by atoms with Crippen LogP contribution in [0.5, 0.6) is 0 Å². The van der Waals surface area contributed by atoms with Gasteiger partial charge in [-0.05, 0) is 37.7 Å². The molecule has 0 aliphatic carbocycles. The number of unbranched alkanes of at least 4 members (excludes halogenated alkanes) is 1. The molecular weight excluding hydrogens is 354 g/mol. The number of amides is 1. The van der Waals surface area contributed by atoms with E-state index in [4.69, 9.17) is 0 Å². The van der Waals surface area contributed by atoms with Gasteiger partial charge in [-0.25, -0.2) is 4.98 Å². The summed E-state index contributed by atoms with van der Waals surface area (Å²) < 4.78 is 0. The number of carbonyl (C=O) groups is 1. The van der Waals surface area contributed by atoms with Crippen molar-refractivity contribution in [2.45, 2.75) is 52.0 Å². The molecule has 1 aromatic carbocycles. The van der Waals surface area contributed by atoms with E-state index in [9.17, 15) is 10.1 Å². The second kappa shape index (κ2) is 11.3. The van der Waals surface area contributed by atoms with Crippen LogP contribution in [0.3, 0.4) is 0 Å². The minimum absolute atomic E-state index is 0.0840. The van der Waals surface area contributed by atoms with Crippen LogP contribution in [0.4, 0.5) is 0 Å². The third-order valence-corrected chi connectivity index (χ3v) is 5.31. The Morgan fingerprint density at radius 2 is 2.15 bits per heavy atom. The Hall–Kier alpha value is -2.45. The summed E-state index contributed by atoms with van der Waals surface area (Å²) in [6.45, 7) is 4.72. The second-order valence-corrected chi connectivity index (χ2v) is 7.09. The molecule has 0 radical (unpaired) electrons. The molecule has 1 aliphatic heterocycles. The number of nitrogens with zero attached hydrogens (tertiary/aromatic N) is 3. The van der Waals surface area contributed by atoms with E-state index >= 15 is 0 Å². The zero-order valence-electron chi connectivity index (χ0n) is 16.1. The molecule has 1 fully saturated rings. The number of thiazole rings is 1. The first-order valence-corrected chi connectivity index (χ1v) is 10.5. The molecule has 2 aromatic rings. The molecule has 1 unspecified atom stereocenters. The van der Waals surface area contributed by atoms with Gasteiger partial charge in [-0.15, -0.1) is 11.3 Å². The molecule has 1 atom stereocenters. The van der Waals surface area contributed by atoms with E-state index in [1.54, 1.807) is 23.6 Å². The van der Waals surface area contributed by atoms with Gasteiger partial charge < -0.3 is 4.90 Å². The lowest BCUT2D eigenvalue weighted by atomic mass is 10.0. The van der Waals surface area contributed by atoms with Gasteiger partial charge in [0.25, 0.3) is 5.91 Å². The van der Waals surface area contributed by atoms with E-state index in [-0.39, 0.29) is 17.5 Å². The minimum Gasteiger partial charge on any atom is -0.331 e. The van der Waals surface area contributed by atoms with Crippen LogP contribution < -0.4 is 0 Å². The maximum absolute atomic E-state index is 12.8. The van der Waals surface area contributed by atoms with Gasteiger partial charge in [0.2, 0.25) is 0 Å². The maximum Gasteiger partial charge on any atom is 0.264 e. The number of hydrogen-bond donors (Lipinski definition) is 0.